The third kappa shape index (κ3) is 3.92. The van der Waals surface area contributed by atoms with Crippen molar-refractivity contribution in [3.63, 3.8) is 0 Å². The number of thiazole rings is 1. The van der Waals surface area contributed by atoms with Crippen molar-refractivity contribution in [3.8, 4) is 0 Å². The lowest BCUT2D eigenvalue weighted by Gasteiger charge is -2.10. The number of hydrogen-bond acceptors (Lipinski definition) is 4. The van der Waals surface area contributed by atoms with Gasteiger partial charge < -0.3 is 0 Å². The van der Waals surface area contributed by atoms with Gasteiger partial charge in [0.1, 0.15) is 5.82 Å². The maximum Gasteiger partial charge on any atom is 0.417 e. The molecule has 0 fully saturated rings. The third-order valence-electron chi connectivity index (χ3n) is 2.35. The Morgan fingerprint density at radius 2 is 2.10 bits per heavy atom. The Labute approximate surface area is 126 Å². The van der Waals surface area contributed by atoms with E-state index in [0.717, 1.165) is 24.0 Å². The summed E-state index contributed by atoms with van der Waals surface area (Å²) in [6.07, 6.45) is -3.67. The number of hydrogen-bond donors (Lipinski definition) is 1. The van der Waals surface area contributed by atoms with Crippen LogP contribution in [-0.2, 0) is 6.18 Å². The number of nitrogens with zero attached hydrogens (tertiary/aromatic N) is 2. The van der Waals surface area contributed by atoms with Gasteiger partial charge in [-0.05, 0) is 24.6 Å². The van der Waals surface area contributed by atoms with Crippen LogP contribution in [0.25, 0.3) is 0 Å². The summed E-state index contributed by atoms with van der Waals surface area (Å²) in [5.74, 6) is -1.15. The summed E-state index contributed by atoms with van der Waals surface area (Å²) in [7, 11) is 0. The highest BCUT2D eigenvalue weighted by Crippen LogP contribution is 2.36. The van der Waals surface area contributed by atoms with E-state index in [1.807, 2.05) is 0 Å². The standard InChI is InChI=1S/C12H8ClF4N3S/c1-6-5-21-11(19-6)20-18-4-7-2-8(12(15,16)17)10(13)9(14)3-7/h2-5H,1H3,(H,19,20). The topological polar surface area (TPSA) is 37.3 Å². The van der Waals surface area contributed by atoms with Crippen LogP contribution in [0.15, 0.2) is 22.6 Å². The number of benzene rings is 1. The number of hydrazone groups is 1. The lowest BCUT2D eigenvalue weighted by Crippen LogP contribution is -2.08. The van der Waals surface area contributed by atoms with E-state index in [9.17, 15) is 17.6 Å². The summed E-state index contributed by atoms with van der Waals surface area (Å²) in [5, 5.41) is 5.02. The van der Waals surface area contributed by atoms with E-state index in [1.54, 1.807) is 12.3 Å². The van der Waals surface area contributed by atoms with E-state index in [0.29, 0.717) is 5.13 Å². The summed E-state index contributed by atoms with van der Waals surface area (Å²) >= 11 is 6.61. The summed E-state index contributed by atoms with van der Waals surface area (Å²) < 4.78 is 51.4. The second-order valence-corrected chi connectivity index (χ2v) is 5.26. The number of aromatic nitrogens is 1. The summed E-state index contributed by atoms with van der Waals surface area (Å²) in [5.41, 5.74) is 2.03. The molecule has 112 valence electrons. The van der Waals surface area contributed by atoms with E-state index in [1.165, 1.54) is 11.3 Å². The maximum absolute atomic E-state index is 13.4. The van der Waals surface area contributed by atoms with E-state index in [-0.39, 0.29) is 5.56 Å². The van der Waals surface area contributed by atoms with Crippen LogP contribution in [0.3, 0.4) is 0 Å². The van der Waals surface area contributed by atoms with Crippen molar-refractivity contribution in [1.82, 2.24) is 4.98 Å². The number of halogens is 5. The molecule has 1 heterocycles. The molecule has 3 nitrogen and oxygen atoms in total. The molecule has 2 aromatic rings. The fourth-order valence-electron chi connectivity index (χ4n) is 1.46. The van der Waals surface area contributed by atoms with Gasteiger partial charge in [0.2, 0.25) is 5.13 Å². The first-order valence-electron chi connectivity index (χ1n) is 5.55. The van der Waals surface area contributed by atoms with E-state index in [4.69, 9.17) is 11.6 Å². The number of aryl methyl sites for hydroxylation is 1. The Morgan fingerprint density at radius 1 is 1.38 bits per heavy atom. The van der Waals surface area contributed by atoms with Crippen LogP contribution < -0.4 is 5.43 Å². The predicted octanol–water partition coefficient (Wildman–Crippen LogP) is 4.71. The van der Waals surface area contributed by atoms with Crippen molar-refractivity contribution < 1.29 is 17.6 Å². The minimum atomic E-state index is -4.73. The minimum absolute atomic E-state index is 0.0648. The first kappa shape index (κ1) is 15.7. The van der Waals surface area contributed by atoms with Crippen molar-refractivity contribution in [1.29, 1.82) is 0 Å². The third-order valence-corrected chi connectivity index (χ3v) is 3.60. The van der Waals surface area contributed by atoms with Gasteiger partial charge >= 0.3 is 6.18 Å². The average Bonchev–Trinajstić information content (AvgIpc) is 2.78. The summed E-state index contributed by atoms with van der Waals surface area (Å²) in [6, 6.07) is 1.60. The molecule has 1 aromatic heterocycles. The highest BCUT2D eigenvalue weighted by atomic mass is 35.5. The predicted molar refractivity (Wildman–Crippen MR) is 74.5 cm³/mol. The van der Waals surface area contributed by atoms with Crippen molar-refractivity contribution in [2.75, 3.05) is 5.43 Å². The molecule has 0 aliphatic heterocycles. The van der Waals surface area contributed by atoms with Crippen LogP contribution in [0.4, 0.5) is 22.7 Å². The van der Waals surface area contributed by atoms with E-state index < -0.39 is 22.6 Å². The van der Waals surface area contributed by atoms with Gasteiger partial charge in [0.25, 0.3) is 0 Å². The van der Waals surface area contributed by atoms with Gasteiger partial charge in [-0.25, -0.2) is 9.37 Å². The average molecular weight is 338 g/mol. The lowest BCUT2D eigenvalue weighted by atomic mass is 10.1. The van der Waals surface area contributed by atoms with Crippen LogP contribution >= 0.6 is 22.9 Å². The molecule has 2 rings (SSSR count). The van der Waals surface area contributed by atoms with Gasteiger partial charge in [-0.1, -0.05) is 11.6 Å². The molecule has 0 atom stereocenters. The monoisotopic (exact) mass is 337 g/mol. The zero-order valence-electron chi connectivity index (χ0n) is 10.5. The van der Waals surface area contributed by atoms with Gasteiger partial charge in [-0.3, -0.25) is 5.43 Å². The van der Waals surface area contributed by atoms with Crippen LogP contribution in [0.1, 0.15) is 16.8 Å². The Bertz CT molecular complexity index is 682. The van der Waals surface area contributed by atoms with Crippen molar-refractivity contribution in [2.24, 2.45) is 5.10 Å². The molecule has 0 aliphatic carbocycles. The number of nitrogens with one attached hydrogen (secondary N) is 1. The molecule has 9 heteroatoms. The van der Waals surface area contributed by atoms with Crippen molar-refractivity contribution in [3.05, 3.63) is 45.2 Å². The van der Waals surface area contributed by atoms with Crippen molar-refractivity contribution in [2.45, 2.75) is 13.1 Å². The minimum Gasteiger partial charge on any atom is -0.253 e. The number of alkyl halides is 3. The first-order valence-corrected chi connectivity index (χ1v) is 6.80. The zero-order chi connectivity index (χ0) is 15.6. The van der Waals surface area contributed by atoms with Crippen LogP contribution in [0.5, 0.6) is 0 Å². The van der Waals surface area contributed by atoms with E-state index >= 15 is 0 Å². The molecule has 21 heavy (non-hydrogen) atoms. The van der Waals surface area contributed by atoms with Crippen LogP contribution in [0, 0.1) is 12.7 Å². The maximum atomic E-state index is 13.4. The fourth-order valence-corrected chi connectivity index (χ4v) is 2.31. The molecule has 0 aliphatic rings. The van der Waals surface area contributed by atoms with Gasteiger partial charge in [0, 0.05) is 5.38 Å². The van der Waals surface area contributed by atoms with Crippen molar-refractivity contribution >= 4 is 34.3 Å². The molecule has 1 N–H and O–H groups in total. The Kier molecular flexibility index (Phi) is 4.48. The Hall–Kier alpha value is -1.67. The Morgan fingerprint density at radius 3 is 2.67 bits per heavy atom. The molecule has 0 saturated carbocycles. The molecular weight excluding hydrogens is 330 g/mol. The first-order chi connectivity index (χ1) is 9.77. The molecule has 1 aromatic carbocycles. The Balaban J connectivity index is 2.22. The zero-order valence-corrected chi connectivity index (χ0v) is 12.1. The lowest BCUT2D eigenvalue weighted by molar-refractivity contribution is -0.137. The second-order valence-electron chi connectivity index (χ2n) is 4.03. The molecule has 0 bridgehead atoms. The fraction of sp³-hybridized carbons (Fsp3) is 0.167. The highest BCUT2D eigenvalue weighted by molar-refractivity contribution is 7.13. The van der Waals surface area contributed by atoms with Crippen LogP contribution in [0.2, 0.25) is 5.02 Å². The summed E-state index contributed by atoms with van der Waals surface area (Å²) in [4.78, 5) is 4.05. The number of rotatable bonds is 3. The van der Waals surface area contributed by atoms with Gasteiger partial charge in [0.15, 0.2) is 0 Å². The van der Waals surface area contributed by atoms with Gasteiger partial charge in [-0.2, -0.15) is 18.3 Å². The molecule has 0 spiro atoms. The summed E-state index contributed by atoms with van der Waals surface area (Å²) in [6.45, 7) is 1.79. The van der Waals surface area contributed by atoms with Crippen LogP contribution in [-0.4, -0.2) is 11.2 Å². The molecule has 0 amide bonds. The van der Waals surface area contributed by atoms with Gasteiger partial charge in [0.05, 0.1) is 22.5 Å². The molecule has 0 unspecified atom stereocenters. The van der Waals surface area contributed by atoms with E-state index in [2.05, 4.69) is 15.5 Å². The molecule has 0 saturated heterocycles. The quantitative estimate of drug-likeness (QED) is 0.500. The SMILES string of the molecule is Cc1csc(NN=Cc2cc(F)c(Cl)c(C(F)(F)F)c2)n1. The molecule has 0 radical (unpaired) electrons. The smallest absolute Gasteiger partial charge is 0.253 e. The number of anilines is 1. The molecular formula is C12H8ClF4N3S. The highest BCUT2D eigenvalue weighted by Gasteiger charge is 2.34. The second kappa shape index (κ2) is 5.98. The largest absolute Gasteiger partial charge is 0.417 e. The normalized spacial score (nSPS) is 12.1. The van der Waals surface area contributed by atoms with Gasteiger partial charge in [-0.15, -0.1) is 11.3 Å².